The van der Waals surface area contributed by atoms with Crippen LogP contribution in [0.3, 0.4) is 0 Å². The van der Waals surface area contributed by atoms with E-state index in [1.165, 1.54) is 25.9 Å². The third kappa shape index (κ3) is 3.42. The molecule has 0 aromatic rings. The van der Waals surface area contributed by atoms with E-state index in [1.807, 2.05) is 0 Å². The molecular weight excluding hydrogens is 136 g/mol. The quantitative estimate of drug-likeness (QED) is 0.657. The maximum absolute atomic E-state index is 3.33. The van der Waals surface area contributed by atoms with Crippen molar-refractivity contribution in [3.63, 3.8) is 0 Å². The van der Waals surface area contributed by atoms with Crippen LogP contribution in [-0.4, -0.2) is 31.1 Å². The maximum Gasteiger partial charge on any atom is 0.0298 e. The minimum absolute atomic E-state index is 1.14. The molecule has 0 atom stereocenters. The average molecular weight is 154 g/mol. The number of rotatable bonds is 3. The van der Waals surface area contributed by atoms with Gasteiger partial charge in [0.05, 0.1) is 0 Å². The first-order chi connectivity index (χ1) is 5.43. The van der Waals surface area contributed by atoms with E-state index in [-0.39, 0.29) is 0 Å². The monoisotopic (exact) mass is 154 g/mol. The zero-order valence-electron chi connectivity index (χ0n) is 7.34. The highest BCUT2D eigenvalue weighted by molar-refractivity contribution is 4.84. The summed E-state index contributed by atoms with van der Waals surface area (Å²) in [6.45, 7) is 6.81. The van der Waals surface area contributed by atoms with Crippen LogP contribution in [0.2, 0.25) is 0 Å². The number of unbranched alkanes of at least 4 members (excludes halogenated alkanes) is 1. The van der Waals surface area contributed by atoms with Gasteiger partial charge in [-0.15, -0.1) is 0 Å². The van der Waals surface area contributed by atoms with E-state index in [0.717, 1.165) is 13.1 Å². The second-order valence-corrected chi connectivity index (χ2v) is 2.96. The van der Waals surface area contributed by atoms with E-state index < -0.39 is 0 Å². The van der Waals surface area contributed by atoms with Crippen LogP contribution in [0, 0.1) is 0 Å². The summed E-state index contributed by atoms with van der Waals surface area (Å²) in [6, 6.07) is 0. The summed E-state index contributed by atoms with van der Waals surface area (Å²) < 4.78 is 0. The van der Waals surface area contributed by atoms with Crippen molar-refractivity contribution in [3.8, 4) is 0 Å². The number of allylic oxidation sites excluding steroid dienone is 1. The average Bonchev–Trinajstić information content (AvgIpc) is 2.07. The maximum atomic E-state index is 3.33. The number of nitrogens with one attached hydrogen (secondary N) is 1. The van der Waals surface area contributed by atoms with Crippen molar-refractivity contribution in [2.45, 2.75) is 19.8 Å². The minimum Gasteiger partial charge on any atom is -0.375 e. The molecule has 2 heteroatoms. The van der Waals surface area contributed by atoms with Gasteiger partial charge in [-0.25, -0.2) is 0 Å². The van der Waals surface area contributed by atoms with Gasteiger partial charge in [0, 0.05) is 26.2 Å². The first-order valence-electron chi connectivity index (χ1n) is 4.55. The van der Waals surface area contributed by atoms with Gasteiger partial charge >= 0.3 is 0 Å². The molecule has 0 saturated carbocycles. The summed E-state index contributed by atoms with van der Waals surface area (Å²) in [6.07, 6.45) is 6.97. The fourth-order valence-corrected chi connectivity index (χ4v) is 1.22. The molecule has 11 heavy (non-hydrogen) atoms. The van der Waals surface area contributed by atoms with Gasteiger partial charge in [-0.2, -0.15) is 0 Å². The molecule has 0 unspecified atom stereocenters. The Morgan fingerprint density at radius 2 is 2.09 bits per heavy atom. The second kappa shape index (κ2) is 5.19. The minimum atomic E-state index is 1.14. The molecule has 1 rings (SSSR count). The number of piperazine rings is 1. The van der Waals surface area contributed by atoms with Gasteiger partial charge in [0.15, 0.2) is 0 Å². The van der Waals surface area contributed by atoms with E-state index >= 15 is 0 Å². The third-order valence-corrected chi connectivity index (χ3v) is 1.92. The topological polar surface area (TPSA) is 15.3 Å². The summed E-state index contributed by atoms with van der Waals surface area (Å²) in [5, 5.41) is 3.33. The highest BCUT2D eigenvalue weighted by Crippen LogP contribution is 1.95. The SMILES string of the molecule is CCCC=CN1CCNCC1. The molecule has 1 aliphatic rings. The van der Waals surface area contributed by atoms with Crippen molar-refractivity contribution in [1.82, 2.24) is 10.2 Å². The van der Waals surface area contributed by atoms with Gasteiger partial charge in [-0.1, -0.05) is 19.4 Å². The molecule has 1 aliphatic heterocycles. The van der Waals surface area contributed by atoms with Gasteiger partial charge in [-0.3, -0.25) is 0 Å². The molecule has 0 radical (unpaired) electrons. The molecule has 64 valence electrons. The Bertz CT molecular complexity index is 115. The van der Waals surface area contributed by atoms with Gasteiger partial charge in [-0.05, 0) is 12.6 Å². The van der Waals surface area contributed by atoms with Crippen LogP contribution >= 0.6 is 0 Å². The highest BCUT2D eigenvalue weighted by atomic mass is 15.2. The van der Waals surface area contributed by atoms with Crippen molar-refractivity contribution in [3.05, 3.63) is 12.3 Å². The molecule has 0 aromatic carbocycles. The van der Waals surface area contributed by atoms with Gasteiger partial charge in [0.2, 0.25) is 0 Å². The molecular formula is C9H18N2. The van der Waals surface area contributed by atoms with E-state index in [0.29, 0.717) is 0 Å². The molecule has 1 N–H and O–H groups in total. The van der Waals surface area contributed by atoms with Crippen LogP contribution in [0.4, 0.5) is 0 Å². The normalized spacial score (nSPS) is 19.5. The van der Waals surface area contributed by atoms with Gasteiger partial charge < -0.3 is 10.2 Å². The summed E-state index contributed by atoms with van der Waals surface area (Å²) >= 11 is 0. The Kier molecular flexibility index (Phi) is 4.06. The fourth-order valence-electron chi connectivity index (χ4n) is 1.22. The Hall–Kier alpha value is -0.500. The lowest BCUT2D eigenvalue weighted by molar-refractivity contribution is 0.323. The lowest BCUT2D eigenvalue weighted by Crippen LogP contribution is -2.40. The smallest absolute Gasteiger partial charge is 0.0298 e. The van der Waals surface area contributed by atoms with Crippen molar-refractivity contribution >= 4 is 0 Å². The first-order valence-corrected chi connectivity index (χ1v) is 4.55. The number of nitrogens with zero attached hydrogens (tertiary/aromatic N) is 1. The Balaban J connectivity index is 2.13. The molecule has 0 bridgehead atoms. The van der Waals surface area contributed by atoms with Gasteiger partial charge in [0.1, 0.15) is 0 Å². The molecule has 0 amide bonds. The Morgan fingerprint density at radius 3 is 2.73 bits per heavy atom. The zero-order valence-corrected chi connectivity index (χ0v) is 7.34. The lowest BCUT2D eigenvalue weighted by Gasteiger charge is -2.25. The molecule has 0 aliphatic carbocycles. The lowest BCUT2D eigenvalue weighted by atomic mass is 10.3. The van der Waals surface area contributed by atoms with Crippen molar-refractivity contribution < 1.29 is 0 Å². The predicted octanol–water partition coefficient (Wildman–Crippen LogP) is 1.21. The highest BCUT2D eigenvalue weighted by Gasteiger charge is 2.02. The fraction of sp³-hybridized carbons (Fsp3) is 0.778. The second-order valence-electron chi connectivity index (χ2n) is 2.96. The van der Waals surface area contributed by atoms with Crippen LogP contribution in [0.5, 0.6) is 0 Å². The summed E-state index contributed by atoms with van der Waals surface area (Å²) in [4.78, 5) is 2.38. The predicted molar refractivity (Wildman–Crippen MR) is 48.5 cm³/mol. The molecule has 2 nitrogen and oxygen atoms in total. The first kappa shape index (κ1) is 8.60. The van der Waals surface area contributed by atoms with E-state index in [2.05, 4.69) is 29.4 Å². The molecule has 0 spiro atoms. The summed E-state index contributed by atoms with van der Waals surface area (Å²) in [5.41, 5.74) is 0. The van der Waals surface area contributed by atoms with Crippen LogP contribution in [-0.2, 0) is 0 Å². The Morgan fingerprint density at radius 1 is 1.36 bits per heavy atom. The van der Waals surface area contributed by atoms with E-state index in [1.54, 1.807) is 0 Å². The molecule has 0 aromatic heterocycles. The van der Waals surface area contributed by atoms with Crippen LogP contribution < -0.4 is 5.32 Å². The van der Waals surface area contributed by atoms with E-state index in [9.17, 15) is 0 Å². The molecule has 1 heterocycles. The van der Waals surface area contributed by atoms with E-state index in [4.69, 9.17) is 0 Å². The summed E-state index contributed by atoms with van der Waals surface area (Å²) in [5.74, 6) is 0. The van der Waals surface area contributed by atoms with Crippen molar-refractivity contribution in [2.75, 3.05) is 26.2 Å². The summed E-state index contributed by atoms with van der Waals surface area (Å²) in [7, 11) is 0. The van der Waals surface area contributed by atoms with Crippen molar-refractivity contribution in [2.24, 2.45) is 0 Å². The zero-order chi connectivity index (χ0) is 7.94. The standard InChI is InChI=1S/C9H18N2/c1-2-3-4-7-11-8-5-10-6-9-11/h4,7,10H,2-3,5-6,8-9H2,1H3. The number of hydrogen-bond donors (Lipinski definition) is 1. The largest absolute Gasteiger partial charge is 0.375 e. The van der Waals surface area contributed by atoms with Crippen molar-refractivity contribution in [1.29, 1.82) is 0 Å². The molecule has 1 saturated heterocycles. The third-order valence-electron chi connectivity index (χ3n) is 1.92. The van der Waals surface area contributed by atoms with Crippen LogP contribution in [0.25, 0.3) is 0 Å². The van der Waals surface area contributed by atoms with Crippen LogP contribution in [0.1, 0.15) is 19.8 Å². The van der Waals surface area contributed by atoms with Gasteiger partial charge in [0.25, 0.3) is 0 Å². The Labute approximate surface area is 69.3 Å². The molecule has 1 fully saturated rings. The van der Waals surface area contributed by atoms with Crippen LogP contribution in [0.15, 0.2) is 12.3 Å². The number of hydrogen-bond acceptors (Lipinski definition) is 2.